The second kappa shape index (κ2) is 6.27. The first-order valence-electron chi connectivity index (χ1n) is 4.67. The van der Waals surface area contributed by atoms with E-state index < -0.39 is 19.1 Å². The monoisotopic (exact) mass is 195 g/mol. The predicted molar refractivity (Wildman–Crippen MR) is 49.0 cm³/mol. The van der Waals surface area contributed by atoms with Crippen LogP contribution in [-0.4, -0.2) is 30.7 Å². The fourth-order valence-corrected chi connectivity index (χ4v) is 0.962. The Morgan fingerprint density at radius 3 is 2.46 bits per heavy atom. The average Bonchev–Trinajstić information content (AvgIpc) is 2.03. The van der Waals surface area contributed by atoms with Crippen LogP contribution >= 0.6 is 0 Å². The van der Waals surface area contributed by atoms with Crippen molar-refractivity contribution in [3.63, 3.8) is 0 Å². The third-order valence-corrected chi connectivity index (χ3v) is 1.75. The quantitative estimate of drug-likeness (QED) is 0.605. The van der Waals surface area contributed by atoms with Crippen LogP contribution in [-0.2, 0) is 0 Å². The van der Waals surface area contributed by atoms with E-state index in [1.807, 2.05) is 0 Å². The smallest absolute Gasteiger partial charge is 0.282 e. The number of halogens is 2. The Bertz CT molecular complexity index is 129. The normalized spacial score (nSPS) is 12.5. The standard InChI is InChI=1S/C9H19F2NO/c1-8(2)4-3-5-12-6-9(10,11)7-13/h8,12-13H,3-7H2,1-2H3. The predicted octanol–water partition coefficient (Wildman–Crippen LogP) is 1.64. The molecule has 0 aromatic rings. The van der Waals surface area contributed by atoms with Gasteiger partial charge in [-0.3, -0.25) is 0 Å². The van der Waals surface area contributed by atoms with Crippen LogP contribution in [0.15, 0.2) is 0 Å². The minimum atomic E-state index is -2.97. The van der Waals surface area contributed by atoms with E-state index in [9.17, 15) is 8.78 Å². The number of alkyl halides is 2. The second-order valence-electron chi connectivity index (χ2n) is 3.73. The van der Waals surface area contributed by atoms with Gasteiger partial charge in [0.25, 0.3) is 5.92 Å². The zero-order valence-electron chi connectivity index (χ0n) is 8.32. The van der Waals surface area contributed by atoms with E-state index in [0.717, 1.165) is 12.8 Å². The molecule has 0 bridgehead atoms. The number of nitrogens with one attached hydrogen (secondary N) is 1. The number of aliphatic hydroxyl groups excluding tert-OH is 1. The van der Waals surface area contributed by atoms with E-state index in [0.29, 0.717) is 12.5 Å². The highest BCUT2D eigenvalue weighted by molar-refractivity contribution is 4.67. The van der Waals surface area contributed by atoms with Gasteiger partial charge < -0.3 is 10.4 Å². The summed E-state index contributed by atoms with van der Waals surface area (Å²) in [6.07, 6.45) is 1.94. The van der Waals surface area contributed by atoms with Gasteiger partial charge in [0.05, 0.1) is 6.54 Å². The number of rotatable bonds is 7. The molecule has 0 aliphatic heterocycles. The van der Waals surface area contributed by atoms with Gasteiger partial charge in [-0.15, -0.1) is 0 Å². The highest BCUT2D eigenvalue weighted by atomic mass is 19.3. The van der Waals surface area contributed by atoms with Crippen LogP contribution in [0, 0.1) is 5.92 Å². The van der Waals surface area contributed by atoms with Crippen molar-refractivity contribution in [2.24, 2.45) is 5.92 Å². The highest BCUT2D eigenvalue weighted by Crippen LogP contribution is 2.09. The van der Waals surface area contributed by atoms with Gasteiger partial charge in [-0.05, 0) is 25.3 Å². The summed E-state index contributed by atoms with van der Waals surface area (Å²) in [6, 6.07) is 0. The largest absolute Gasteiger partial charge is 0.390 e. The summed E-state index contributed by atoms with van der Waals surface area (Å²) in [5, 5.41) is 10.9. The van der Waals surface area contributed by atoms with E-state index in [1.165, 1.54) is 0 Å². The Morgan fingerprint density at radius 2 is 2.00 bits per heavy atom. The fourth-order valence-electron chi connectivity index (χ4n) is 0.962. The van der Waals surface area contributed by atoms with Crippen LogP contribution < -0.4 is 5.32 Å². The zero-order valence-corrected chi connectivity index (χ0v) is 8.32. The zero-order chi connectivity index (χ0) is 10.3. The third-order valence-electron chi connectivity index (χ3n) is 1.75. The lowest BCUT2D eigenvalue weighted by Gasteiger charge is -2.14. The maximum atomic E-state index is 12.4. The SMILES string of the molecule is CC(C)CCCNCC(F)(F)CO. The van der Waals surface area contributed by atoms with Crippen molar-refractivity contribution in [2.45, 2.75) is 32.6 Å². The van der Waals surface area contributed by atoms with Gasteiger partial charge in [0.1, 0.15) is 6.61 Å². The Balaban J connectivity index is 3.26. The van der Waals surface area contributed by atoms with Crippen molar-refractivity contribution in [1.82, 2.24) is 5.32 Å². The molecular weight excluding hydrogens is 176 g/mol. The van der Waals surface area contributed by atoms with Crippen molar-refractivity contribution in [1.29, 1.82) is 0 Å². The molecule has 0 saturated heterocycles. The molecule has 0 radical (unpaired) electrons. The van der Waals surface area contributed by atoms with Gasteiger partial charge in [-0.25, -0.2) is 8.78 Å². The van der Waals surface area contributed by atoms with Crippen LogP contribution in [0.2, 0.25) is 0 Å². The first kappa shape index (κ1) is 12.8. The van der Waals surface area contributed by atoms with E-state index >= 15 is 0 Å². The molecule has 0 rings (SSSR count). The van der Waals surface area contributed by atoms with E-state index in [-0.39, 0.29) is 0 Å². The first-order chi connectivity index (χ1) is 5.98. The lowest BCUT2D eigenvalue weighted by molar-refractivity contribution is -0.0474. The third kappa shape index (κ3) is 8.12. The Kier molecular flexibility index (Phi) is 6.16. The van der Waals surface area contributed by atoms with Crippen molar-refractivity contribution < 1.29 is 13.9 Å². The highest BCUT2D eigenvalue weighted by Gasteiger charge is 2.26. The van der Waals surface area contributed by atoms with E-state index in [2.05, 4.69) is 19.2 Å². The fraction of sp³-hybridized carbons (Fsp3) is 1.00. The van der Waals surface area contributed by atoms with Gasteiger partial charge in [0, 0.05) is 0 Å². The molecule has 0 aliphatic rings. The maximum absolute atomic E-state index is 12.4. The summed E-state index contributed by atoms with van der Waals surface area (Å²) in [7, 11) is 0. The van der Waals surface area contributed by atoms with Gasteiger partial charge >= 0.3 is 0 Å². The Hall–Kier alpha value is -0.220. The molecule has 0 spiro atoms. The summed E-state index contributed by atoms with van der Waals surface area (Å²) >= 11 is 0. The van der Waals surface area contributed by atoms with E-state index in [1.54, 1.807) is 0 Å². The summed E-state index contributed by atoms with van der Waals surface area (Å²) in [5.74, 6) is -2.36. The minimum Gasteiger partial charge on any atom is -0.390 e. The minimum absolute atomic E-state index is 0.429. The van der Waals surface area contributed by atoms with Gasteiger partial charge in [-0.1, -0.05) is 13.8 Å². The molecule has 80 valence electrons. The molecule has 0 fully saturated rings. The molecule has 2 nitrogen and oxygen atoms in total. The van der Waals surface area contributed by atoms with Crippen LogP contribution in [0.25, 0.3) is 0 Å². The molecule has 4 heteroatoms. The topological polar surface area (TPSA) is 32.3 Å². The molecule has 0 atom stereocenters. The summed E-state index contributed by atoms with van der Waals surface area (Å²) in [6.45, 7) is 3.28. The summed E-state index contributed by atoms with van der Waals surface area (Å²) in [4.78, 5) is 0. The molecule has 0 aromatic carbocycles. The molecule has 0 unspecified atom stereocenters. The van der Waals surface area contributed by atoms with Crippen molar-refractivity contribution in [2.75, 3.05) is 19.7 Å². The Morgan fingerprint density at radius 1 is 1.38 bits per heavy atom. The molecule has 0 aliphatic carbocycles. The summed E-state index contributed by atoms with van der Waals surface area (Å²) in [5.41, 5.74) is 0. The molecule has 0 amide bonds. The molecule has 0 aromatic heterocycles. The van der Waals surface area contributed by atoms with Crippen molar-refractivity contribution in [3.8, 4) is 0 Å². The number of hydrogen-bond donors (Lipinski definition) is 2. The molecule has 13 heavy (non-hydrogen) atoms. The van der Waals surface area contributed by atoms with Gasteiger partial charge in [-0.2, -0.15) is 0 Å². The average molecular weight is 195 g/mol. The second-order valence-corrected chi connectivity index (χ2v) is 3.73. The van der Waals surface area contributed by atoms with Crippen LogP contribution in [0.1, 0.15) is 26.7 Å². The summed E-state index contributed by atoms with van der Waals surface area (Å²) < 4.78 is 24.9. The van der Waals surface area contributed by atoms with Crippen LogP contribution in [0.3, 0.4) is 0 Å². The lowest BCUT2D eigenvalue weighted by atomic mass is 10.1. The first-order valence-corrected chi connectivity index (χ1v) is 4.67. The van der Waals surface area contributed by atoms with Crippen LogP contribution in [0.5, 0.6) is 0 Å². The molecular formula is C9H19F2NO. The van der Waals surface area contributed by atoms with E-state index in [4.69, 9.17) is 5.11 Å². The van der Waals surface area contributed by atoms with Gasteiger partial charge in [0.15, 0.2) is 0 Å². The molecule has 0 heterocycles. The van der Waals surface area contributed by atoms with Crippen LogP contribution in [0.4, 0.5) is 8.78 Å². The lowest BCUT2D eigenvalue weighted by Crippen LogP contribution is -2.36. The molecule has 2 N–H and O–H groups in total. The van der Waals surface area contributed by atoms with Crippen molar-refractivity contribution in [3.05, 3.63) is 0 Å². The van der Waals surface area contributed by atoms with Crippen molar-refractivity contribution >= 4 is 0 Å². The van der Waals surface area contributed by atoms with Gasteiger partial charge in [0.2, 0.25) is 0 Å². The Labute approximate surface area is 78.3 Å². The molecule has 0 saturated carbocycles. The number of hydrogen-bond acceptors (Lipinski definition) is 2. The maximum Gasteiger partial charge on any atom is 0.282 e. The number of aliphatic hydroxyl groups is 1.